The van der Waals surface area contributed by atoms with Gasteiger partial charge in [-0.1, -0.05) is 30.3 Å². The van der Waals surface area contributed by atoms with Crippen molar-refractivity contribution < 1.29 is 14.4 Å². The summed E-state index contributed by atoms with van der Waals surface area (Å²) in [6.45, 7) is -0.218. The molecule has 0 spiro atoms. The lowest BCUT2D eigenvalue weighted by molar-refractivity contribution is -0.129. The van der Waals surface area contributed by atoms with Gasteiger partial charge in [-0.05, 0) is 5.56 Å². The molecule has 0 saturated carbocycles. The van der Waals surface area contributed by atoms with Gasteiger partial charge in [-0.3, -0.25) is 9.59 Å². The van der Waals surface area contributed by atoms with E-state index in [1.165, 1.54) is 6.33 Å². The molecule has 2 amide bonds. The Morgan fingerprint density at radius 2 is 1.96 bits per heavy atom. The van der Waals surface area contributed by atoms with Crippen LogP contribution >= 0.6 is 0 Å². The molecule has 0 aliphatic rings. The first kappa shape index (κ1) is 18.3. The molecule has 0 aliphatic heterocycles. The van der Waals surface area contributed by atoms with Crippen molar-refractivity contribution in [2.75, 3.05) is 6.54 Å². The Balaban J connectivity index is 2.04. The number of benzene rings is 1. The lowest BCUT2D eigenvalue weighted by atomic mass is 10.0. The highest BCUT2D eigenvalue weighted by Gasteiger charge is 2.23. The number of carbonyl (C=O) groups is 3. The second-order valence-corrected chi connectivity index (χ2v) is 5.55. The number of amides is 2. The third kappa shape index (κ3) is 5.85. The average molecular weight is 343 g/mol. The van der Waals surface area contributed by atoms with Crippen molar-refractivity contribution in [3.05, 3.63) is 54.1 Å². The Morgan fingerprint density at radius 3 is 2.56 bits per heavy atom. The van der Waals surface area contributed by atoms with Gasteiger partial charge in [-0.15, -0.1) is 0 Å². The highest BCUT2D eigenvalue weighted by molar-refractivity contribution is 5.89. The van der Waals surface area contributed by atoms with E-state index in [1.807, 2.05) is 30.3 Å². The molecular weight excluding hydrogens is 322 g/mol. The van der Waals surface area contributed by atoms with Gasteiger partial charge in [-0.2, -0.15) is 0 Å². The number of aromatic amines is 1. The van der Waals surface area contributed by atoms with Crippen LogP contribution in [-0.4, -0.2) is 46.7 Å². The number of nitrogens with one attached hydrogen (secondary N) is 3. The van der Waals surface area contributed by atoms with E-state index in [2.05, 4.69) is 20.6 Å². The smallest absolute Gasteiger partial charge is 0.243 e. The Morgan fingerprint density at radius 1 is 1.20 bits per heavy atom. The molecule has 0 aliphatic carbocycles. The molecule has 2 rings (SSSR count). The molecule has 5 N–H and O–H groups in total. The summed E-state index contributed by atoms with van der Waals surface area (Å²) in [5.74, 6) is -0.880. The van der Waals surface area contributed by atoms with E-state index in [0.29, 0.717) is 12.7 Å². The largest absolute Gasteiger partial charge is 0.348 e. The van der Waals surface area contributed by atoms with Crippen molar-refractivity contribution in [1.82, 2.24) is 20.6 Å². The first-order valence-corrected chi connectivity index (χ1v) is 7.88. The average Bonchev–Trinajstić information content (AvgIpc) is 3.14. The lowest BCUT2D eigenvalue weighted by Gasteiger charge is -2.20. The number of nitrogens with zero attached hydrogens (tertiary/aromatic N) is 1. The number of aromatic nitrogens is 2. The van der Waals surface area contributed by atoms with Crippen molar-refractivity contribution in [3.63, 3.8) is 0 Å². The zero-order valence-corrected chi connectivity index (χ0v) is 13.6. The fourth-order valence-corrected chi connectivity index (χ4v) is 2.36. The molecule has 1 aromatic carbocycles. The molecule has 0 fully saturated rings. The van der Waals surface area contributed by atoms with E-state index in [0.717, 1.165) is 11.3 Å². The molecule has 0 bridgehead atoms. The summed E-state index contributed by atoms with van der Waals surface area (Å²) in [4.78, 5) is 42.2. The zero-order valence-electron chi connectivity index (χ0n) is 13.6. The van der Waals surface area contributed by atoms with Crippen LogP contribution in [0.1, 0.15) is 11.3 Å². The molecule has 25 heavy (non-hydrogen) atoms. The van der Waals surface area contributed by atoms with E-state index in [9.17, 15) is 14.4 Å². The van der Waals surface area contributed by atoms with E-state index in [-0.39, 0.29) is 13.0 Å². The van der Waals surface area contributed by atoms with Crippen molar-refractivity contribution in [1.29, 1.82) is 0 Å². The number of aldehydes is 1. The highest BCUT2D eigenvalue weighted by atomic mass is 16.2. The molecule has 132 valence electrons. The number of imidazole rings is 1. The van der Waals surface area contributed by atoms with Crippen LogP contribution in [-0.2, 0) is 27.2 Å². The second kappa shape index (κ2) is 9.33. The Kier molecular flexibility index (Phi) is 6.85. The Bertz CT molecular complexity index is 688. The van der Waals surface area contributed by atoms with E-state index >= 15 is 0 Å². The summed E-state index contributed by atoms with van der Waals surface area (Å²) < 4.78 is 0. The molecule has 2 aromatic rings. The Labute approximate surface area is 145 Å². The van der Waals surface area contributed by atoms with Gasteiger partial charge < -0.3 is 26.1 Å². The van der Waals surface area contributed by atoms with Crippen LogP contribution in [0.4, 0.5) is 0 Å². The molecular formula is C17H21N5O3. The van der Waals surface area contributed by atoms with Crippen molar-refractivity contribution in [2.45, 2.75) is 24.9 Å². The molecule has 8 nitrogen and oxygen atoms in total. The van der Waals surface area contributed by atoms with Gasteiger partial charge in [0.05, 0.1) is 18.9 Å². The predicted octanol–water partition coefficient (Wildman–Crippen LogP) is -0.678. The third-order valence-corrected chi connectivity index (χ3v) is 3.61. The van der Waals surface area contributed by atoms with Crippen LogP contribution in [0.5, 0.6) is 0 Å². The van der Waals surface area contributed by atoms with Gasteiger partial charge in [0.15, 0.2) is 0 Å². The number of rotatable bonds is 9. The van der Waals surface area contributed by atoms with Crippen LogP contribution in [0, 0.1) is 0 Å². The monoisotopic (exact) mass is 343 g/mol. The highest BCUT2D eigenvalue weighted by Crippen LogP contribution is 2.05. The van der Waals surface area contributed by atoms with Crippen molar-refractivity contribution in [2.24, 2.45) is 5.73 Å². The molecule has 1 heterocycles. The zero-order chi connectivity index (χ0) is 18.1. The van der Waals surface area contributed by atoms with Gasteiger partial charge in [0.2, 0.25) is 11.8 Å². The minimum absolute atomic E-state index is 0.218. The first-order chi connectivity index (χ1) is 12.1. The quantitative estimate of drug-likeness (QED) is 0.448. The topological polar surface area (TPSA) is 130 Å². The fraction of sp³-hybridized carbons (Fsp3) is 0.294. The summed E-state index contributed by atoms with van der Waals surface area (Å²) in [7, 11) is 0. The van der Waals surface area contributed by atoms with Crippen LogP contribution < -0.4 is 16.4 Å². The molecule has 0 saturated heterocycles. The number of H-pyrrole nitrogens is 1. The summed E-state index contributed by atoms with van der Waals surface area (Å²) in [5.41, 5.74) is 6.93. The summed E-state index contributed by atoms with van der Waals surface area (Å²) in [6, 6.07) is 7.74. The summed E-state index contributed by atoms with van der Waals surface area (Å²) in [6.07, 6.45) is 4.33. The van der Waals surface area contributed by atoms with E-state index < -0.39 is 23.9 Å². The molecule has 0 radical (unpaired) electrons. The fourth-order valence-electron chi connectivity index (χ4n) is 2.36. The normalized spacial score (nSPS) is 12.8. The summed E-state index contributed by atoms with van der Waals surface area (Å²) in [5, 5.41) is 5.24. The van der Waals surface area contributed by atoms with Crippen LogP contribution in [0.15, 0.2) is 42.9 Å². The molecule has 1 aromatic heterocycles. The van der Waals surface area contributed by atoms with Gasteiger partial charge in [0.1, 0.15) is 12.3 Å². The van der Waals surface area contributed by atoms with Crippen LogP contribution in [0.2, 0.25) is 0 Å². The van der Waals surface area contributed by atoms with Gasteiger partial charge in [-0.25, -0.2) is 4.98 Å². The van der Waals surface area contributed by atoms with Crippen LogP contribution in [0.25, 0.3) is 0 Å². The third-order valence-electron chi connectivity index (χ3n) is 3.61. The molecule has 8 heteroatoms. The van der Waals surface area contributed by atoms with E-state index in [4.69, 9.17) is 5.73 Å². The maximum atomic E-state index is 12.5. The lowest BCUT2D eigenvalue weighted by Crippen LogP contribution is -2.52. The SMILES string of the molecule is NCC(=O)N[C@@H](Cc1ccccc1)C(=O)N[C@H](C=O)Cc1cnc[nH]1. The number of carbonyl (C=O) groups excluding carboxylic acids is 3. The maximum absolute atomic E-state index is 12.5. The summed E-state index contributed by atoms with van der Waals surface area (Å²) >= 11 is 0. The van der Waals surface area contributed by atoms with Gasteiger partial charge in [0.25, 0.3) is 0 Å². The van der Waals surface area contributed by atoms with Crippen LogP contribution in [0.3, 0.4) is 0 Å². The predicted molar refractivity (Wildman–Crippen MR) is 91.4 cm³/mol. The molecule has 2 atom stereocenters. The second-order valence-electron chi connectivity index (χ2n) is 5.55. The number of hydrogen-bond donors (Lipinski definition) is 4. The standard InChI is InChI=1S/C17H21N5O3/c18-8-16(24)22-15(6-12-4-2-1-3-5-12)17(25)21-14(10-23)7-13-9-19-11-20-13/h1-5,9-11,14-15H,6-8,18H2,(H,19,20)(H,21,25)(H,22,24)/t14-,15-/m0/s1. The van der Waals surface area contributed by atoms with Gasteiger partial charge >= 0.3 is 0 Å². The maximum Gasteiger partial charge on any atom is 0.243 e. The molecule has 0 unspecified atom stereocenters. The number of nitrogens with two attached hydrogens (primary N) is 1. The number of hydrogen-bond acceptors (Lipinski definition) is 5. The van der Waals surface area contributed by atoms with Crippen molar-refractivity contribution in [3.8, 4) is 0 Å². The van der Waals surface area contributed by atoms with Gasteiger partial charge in [0, 0.05) is 24.7 Å². The van der Waals surface area contributed by atoms with E-state index in [1.54, 1.807) is 6.20 Å². The Hall–Kier alpha value is -3.00. The minimum atomic E-state index is -0.817. The first-order valence-electron chi connectivity index (χ1n) is 7.88. The minimum Gasteiger partial charge on any atom is -0.348 e. The van der Waals surface area contributed by atoms with Crippen molar-refractivity contribution >= 4 is 18.1 Å².